The van der Waals surface area contributed by atoms with E-state index in [2.05, 4.69) is 21.2 Å². The Morgan fingerprint density at radius 2 is 2.00 bits per heavy atom. The minimum Gasteiger partial charge on any atom is -0.480 e. The maximum Gasteiger partial charge on any atom is 0.317 e. The molecule has 2 N–H and O–H groups in total. The summed E-state index contributed by atoms with van der Waals surface area (Å²) in [4.78, 5) is 19.6. The predicted octanol–water partition coefficient (Wildman–Crippen LogP) is 1.55. The van der Waals surface area contributed by atoms with Gasteiger partial charge in [-0.05, 0) is 19.2 Å². The van der Waals surface area contributed by atoms with Gasteiger partial charge < -0.3 is 10.4 Å². The van der Waals surface area contributed by atoms with E-state index in [0.717, 1.165) is 10.8 Å². The van der Waals surface area contributed by atoms with Gasteiger partial charge in [-0.25, -0.2) is 0 Å². The minimum absolute atomic E-state index is 0.0417. The molecule has 0 saturated heterocycles. The average Bonchev–Trinajstić information content (AvgIpc) is 2.20. The highest BCUT2D eigenvalue weighted by Crippen LogP contribution is 2.08. The highest BCUT2D eigenvalue weighted by atomic mass is 79.9. The van der Waals surface area contributed by atoms with Gasteiger partial charge in [0.15, 0.2) is 0 Å². The van der Waals surface area contributed by atoms with Gasteiger partial charge in [0.05, 0.1) is 6.54 Å². The normalized spacial score (nSPS) is 8.67. The number of carboxylic acids is 1. The predicted molar refractivity (Wildman–Crippen MR) is 61.1 cm³/mol. The quantitative estimate of drug-likeness (QED) is 0.821. The van der Waals surface area contributed by atoms with Gasteiger partial charge in [-0.15, -0.1) is 0 Å². The van der Waals surface area contributed by atoms with Crippen molar-refractivity contribution in [3.8, 4) is 0 Å². The molecule has 15 heavy (non-hydrogen) atoms. The van der Waals surface area contributed by atoms with Crippen LogP contribution < -0.4 is 5.32 Å². The smallest absolute Gasteiger partial charge is 0.317 e. The van der Waals surface area contributed by atoms with Crippen molar-refractivity contribution in [3.05, 3.63) is 34.3 Å². The summed E-state index contributed by atoms with van der Waals surface area (Å²) in [6.07, 6.45) is 0.826. The Morgan fingerprint density at radius 1 is 1.47 bits per heavy atom. The van der Waals surface area contributed by atoms with Crippen molar-refractivity contribution in [2.24, 2.45) is 0 Å². The summed E-state index contributed by atoms with van der Waals surface area (Å²) >= 11 is 3.26. The molecule has 0 amide bonds. The van der Waals surface area contributed by atoms with Gasteiger partial charge in [0.1, 0.15) is 6.29 Å². The van der Waals surface area contributed by atoms with Gasteiger partial charge in [-0.3, -0.25) is 9.59 Å². The van der Waals surface area contributed by atoms with E-state index in [1.54, 1.807) is 19.2 Å². The molecule has 5 heteroatoms. The standard InChI is InChI=1S/C7H5BrO.C3H7NO2/c8-7-3-1-6(5-9)2-4-7;1-4-2-3(5)6/h1-5H;4H,2H2,1H3,(H,5,6). The monoisotopic (exact) mass is 273 g/mol. The van der Waals surface area contributed by atoms with Crippen LogP contribution in [0.15, 0.2) is 28.7 Å². The number of carbonyl (C=O) groups is 2. The van der Waals surface area contributed by atoms with Crippen LogP contribution in [0.4, 0.5) is 0 Å². The Hall–Kier alpha value is -1.20. The molecule has 0 aliphatic rings. The fraction of sp³-hybridized carbons (Fsp3) is 0.200. The Balaban J connectivity index is 0.000000288. The van der Waals surface area contributed by atoms with Gasteiger partial charge in [-0.2, -0.15) is 0 Å². The number of carbonyl (C=O) groups excluding carboxylic acids is 1. The van der Waals surface area contributed by atoms with Gasteiger partial charge in [0.25, 0.3) is 0 Å². The van der Waals surface area contributed by atoms with Crippen LogP contribution in [-0.2, 0) is 4.79 Å². The van der Waals surface area contributed by atoms with Crippen LogP contribution in [0.25, 0.3) is 0 Å². The van der Waals surface area contributed by atoms with Crippen molar-refractivity contribution in [2.75, 3.05) is 13.6 Å². The number of aldehydes is 1. The molecular formula is C10H12BrNO3. The van der Waals surface area contributed by atoms with E-state index >= 15 is 0 Å². The van der Waals surface area contributed by atoms with Gasteiger partial charge in [-0.1, -0.05) is 28.1 Å². The molecule has 82 valence electrons. The Kier molecular flexibility index (Phi) is 7.49. The zero-order valence-corrected chi connectivity index (χ0v) is 9.82. The van der Waals surface area contributed by atoms with Crippen LogP contribution in [0.2, 0.25) is 0 Å². The number of likely N-dealkylation sites (N-methyl/N-ethyl adjacent to an activating group) is 1. The summed E-state index contributed by atoms with van der Waals surface area (Å²) in [5.41, 5.74) is 0.707. The lowest BCUT2D eigenvalue weighted by Crippen LogP contribution is -2.16. The molecule has 1 aromatic rings. The molecule has 1 rings (SSSR count). The zero-order chi connectivity index (χ0) is 11.7. The average molecular weight is 274 g/mol. The third-order valence-electron chi connectivity index (χ3n) is 1.33. The van der Waals surface area contributed by atoms with Gasteiger partial charge >= 0.3 is 5.97 Å². The van der Waals surface area contributed by atoms with Crippen LogP contribution in [0.1, 0.15) is 10.4 Å². The SMILES string of the molecule is CNCC(=O)O.O=Cc1ccc(Br)cc1. The summed E-state index contributed by atoms with van der Waals surface area (Å²) < 4.78 is 0.994. The first-order valence-electron chi connectivity index (χ1n) is 4.17. The minimum atomic E-state index is -0.822. The van der Waals surface area contributed by atoms with Crippen LogP contribution in [0.5, 0.6) is 0 Å². The second kappa shape index (κ2) is 8.14. The summed E-state index contributed by atoms with van der Waals surface area (Å²) in [6.45, 7) is 0.0417. The van der Waals surface area contributed by atoms with Crippen molar-refractivity contribution in [1.29, 1.82) is 0 Å². The number of hydrogen-bond donors (Lipinski definition) is 2. The molecule has 0 radical (unpaired) electrons. The summed E-state index contributed by atoms with van der Waals surface area (Å²) in [5, 5.41) is 10.3. The molecule has 0 bridgehead atoms. The maximum absolute atomic E-state index is 10.1. The van der Waals surface area contributed by atoms with E-state index in [1.165, 1.54) is 0 Å². The number of nitrogens with one attached hydrogen (secondary N) is 1. The van der Waals surface area contributed by atoms with Crippen LogP contribution in [0.3, 0.4) is 0 Å². The number of rotatable bonds is 3. The second-order valence-electron chi connectivity index (χ2n) is 2.59. The molecular weight excluding hydrogens is 262 g/mol. The maximum atomic E-state index is 10.1. The first-order chi connectivity index (χ1) is 7.10. The van der Waals surface area contributed by atoms with E-state index in [1.807, 2.05) is 12.1 Å². The zero-order valence-electron chi connectivity index (χ0n) is 8.24. The molecule has 0 heterocycles. The summed E-state index contributed by atoms with van der Waals surface area (Å²) in [5.74, 6) is -0.822. The van der Waals surface area contributed by atoms with E-state index < -0.39 is 5.97 Å². The molecule has 1 aromatic carbocycles. The van der Waals surface area contributed by atoms with Gasteiger partial charge in [0.2, 0.25) is 0 Å². The number of benzene rings is 1. The lowest BCUT2D eigenvalue weighted by Gasteiger charge is -1.87. The van der Waals surface area contributed by atoms with Crippen molar-refractivity contribution < 1.29 is 14.7 Å². The van der Waals surface area contributed by atoms with E-state index in [9.17, 15) is 9.59 Å². The summed E-state index contributed by atoms with van der Waals surface area (Å²) in [7, 11) is 1.59. The highest BCUT2D eigenvalue weighted by Gasteiger charge is 1.86. The topological polar surface area (TPSA) is 66.4 Å². The first-order valence-corrected chi connectivity index (χ1v) is 4.96. The van der Waals surface area contributed by atoms with E-state index in [4.69, 9.17) is 5.11 Å². The van der Waals surface area contributed by atoms with Crippen molar-refractivity contribution in [3.63, 3.8) is 0 Å². The molecule has 0 atom stereocenters. The molecule has 0 aromatic heterocycles. The van der Waals surface area contributed by atoms with E-state index in [0.29, 0.717) is 5.56 Å². The molecule has 0 saturated carbocycles. The first kappa shape index (κ1) is 13.8. The number of carboxylic acid groups (broad SMARTS) is 1. The van der Waals surface area contributed by atoms with Crippen LogP contribution >= 0.6 is 15.9 Å². The van der Waals surface area contributed by atoms with Crippen molar-refractivity contribution in [2.45, 2.75) is 0 Å². The third kappa shape index (κ3) is 7.84. The Bertz CT molecular complexity index is 311. The fourth-order valence-electron chi connectivity index (χ4n) is 0.693. The van der Waals surface area contributed by atoms with Crippen molar-refractivity contribution >= 4 is 28.2 Å². The number of hydrogen-bond acceptors (Lipinski definition) is 3. The van der Waals surface area contributed by atoms with Gasteiger partial charge in [0, 0.05) is 10.0 Å². The fourth-order valence-corrected chi connectivity index (χ4v) is 0.957. The molecule has 0 spiro atoms. The molecule has 0 fully saturated rings. The largest absolute Gasteiger partial charge is 0.480 e. The second-order valence-corrected chi connectivity index (χ2v) is 3.51. The summed E-state index contributed by atoms with van der Waals surface area (Å²) in [6, 6.07) is 7.20. The van der Waals surface area contributed by atoms with Crippen molar-refractivity contribution in [1.82, 2.24) is 5.32 Å². The van der Waals surface area contributed by atoms with Crippen LogP contribution in [0, 0.1) is 0 Å². The molecule has 0 unspecified atom stereocenters. The third-order valence-corrected chi connectivity index (χ3v) is 1.86. The molecule has 0 aliphatic carbocycles. The molecule has 4 nitrogen and oxygen atoms in total. The Labute approximate surface area is 96.4 Å². The number of aliphatic carboxylic acids is 1. The Morgan fingerprint density at radius 3 is 2.27 bits per heavy atom. The van der Waals surface area contributed by atoms with E-state index in [-0.39, 0.29) is 6.54 Å². The lowest BCUT2D eigenvalue weighted by atomic mass is 10.2. The lowest BCUT2D eigenvalue weighted by molar-refractivity contribution is -0.135. The number of halogens is 1. The van der Waals surface area contributed by atoms with Crippen LogP contribution in [-0.4, -0.2) is 31.0 Å². The molecule has 0 aliphatic heterocycles. The highest BCUT2D eigenvalue weighted by molar-refractivity contribution is 9.10.